The first-order valence-corrected chi connectivity index (χ1v) is 9.60. The molecule has 3 aliphatic carbocycles. The first-order chi connectivity index (χ1) is 11.6. The van der Waals surface area contributed by atoms with Crippen LogP contribution in [0, 0.1) is 0 Å². The van der Waals surface area contributed by atoms with Gasteiger partial charge in [-0.15, -0.1) is 0 Å². The fourth-order valence-corrected chi connectivity index (χ4v) is 6.02. The van der Waals surface area contributed by atoms with E-state index in [1.807, 2.05) is 0 Å². The summed E-state index contributed by atoms with van der Waals surface area (Å²) in [7, 11) is 0. The number of hydrogen-bond acceptors (Lipinski definition) is 0. The Morgan fingerprint density at radius 2 is 1.50 bits per heavy atom. The highest BCUT2D eigenvalue weighted by Crippen LogP contribution is 2.66. The molecule has 0 nitrogen and oxygen atoms in total. The maximum atomic E-state index is 6.77. The van der Waals surface area contributed by atoms with Crippen LogP contribution < -0.4 is 0 Å². The molecule has 2 aromatic rings. The Balaban J connectivity index is 1.90. The van der Waals surface area contributed by atoms with Crippen molar-refractivity contribution in [3.8, 4) is 0 Å². The van der Waals surface area contributed by atoms with Gasteiger partial charge in [-0.25, -0.2) is 0 Å². The number of benzene rings is 2. The molecule has 0 heterocycles. The molecule has 1 saturated carbocycles. The van der Waals surface area contributed by atoms with Gasteiger partial charge in [0.25, 0.3) is 0 Å². The van der Waals surface area contributed by atoms with Crippen LogP contribution >= 0.6 is 11.6 Å². The van der Waals surface area contributed by atoms with Crippen LogP contribution in [0.4, 0.5) is 0 Å². The molecule has 0 bridgehead atoms. The van der Waals surface area contributed by atoms with Crippen LogP contribution in [0.5, 0.6) is 0 Å². The Labute approximate surface area is 149 Å². The van der Waals surface area contributed by atoms with E-state index < -0.39 is 0 Å². The third-order valence-electron chi connectivity index (χ3n) is 6.71. The second-order valence-electron chi connectivity index (χ2n) is 8.23. The van der Waals surface area contributed by atoms with Gasteiger partial charge in [0.15, 0.2) is 0 Å². The van der Waals surface area contributed by atoms with Gasteiger partial charge in [0.1, 0.15) is 0 Å². The molecule has 0 radical (unpaired) electrons. The number of hydrogen-bond donors (Lipinski definition) is 0. The summed E-state index contributed by atoms with van der Waals surface area (Å²) in [6.07, 6.45) is 6.55. The minimum absolute atomic E-state index is 0.0343. The molecule has 24 heavy (non-hydrogen) atoms. The predicted octanol–water partition coefficient (Wildman–Crippen LogP) is 6.76. The van der Waals surface area contributed by atoms with E-state index in [0.717, 1.165) is 5.02 Å². The molecular weight excluding hydrogens is 312 g/mol. The number of rotatable bonds is 0. The summed E-state index contributed by atoms with van der Waals surface area (Å²) in [5, 5.41) is 0.934. The molecular formula is C23H23Cl. The molecule has 0 N–H and O–H groups in total. The SMILES string of the molecule is CC1(C)C2=C(c3c(Cl)cccc31)C1(CCCCC1)c1ccccc12. The maximum absolute atomic E-state index is 6.77. The van der Waals surface area contributed by atoms with Crippen LogP contribution in [0.3, 0.4) is 0 Å². The largest absolute Gasteiger partial charge is 0.0837 e. The van der Waals surface area contributed by atoms with Gasteiger partial charge in [-0.05, 0) is 46.7 Å². The normalized spacial score (nSPS) is 22.5. The summed E-state index contributed by atoms with van der Waals surface area (Å²) in [6.45, 7) is 4.76. The molecule has 122 valence electrons. The van der Waals surface area contributed by atoms with Gasteiger partial charge in [0.05, 0.1) is 0 Å². The minimum atomic E-state index is 0.0343. The highest BCUT2D eigenvalue weighted by atomic mass is 35.5. The maximum Gasteiger partial charge on any atom is 0.0484 e. The fraction of sp³-hybridized carbons (Fsp3) is 0.391. The second kappa shape index (κ2) is 4.76. The quantitative estimate of drug-likeness (QED) is 0.499. The third kappa shape index (κ3) is 1.61. The highest BCUT2D eigenvalue weighted by molar-refractivity contribution is 6.34. The highest BCUT2D eigenvalue weighted by Gasteiger charge is 2.54. The molecule has 0 unspecified atom stereocenters. The van der Waals surface area contributed by atoms with Crippen LogP contribution in [0.25, 0.3) is 11.1 Å². The van der Waals surface area contributed by atoms with E-state index in [0.29, 0.717) is 0 Å². The van der Waals surface area contributed by atoms with E-state index in [-0.39, 0.29) is 10.8 Å². The Morgan fingerprint density at radius 3 is 2.29 bits per heavy atom. The van der Waals surface area contributed by atoms with E-state index in [2.05, 4.69) is 56.3 Å². The summed E-state index contributed by atoms with van der Waals surface area (Å²) in [5.41, 5.74) is 9.14. The van der Waals surface area contributed by atoms with Gasteiger partial charge in [-0.3, -0.25) is 0 Å². The Morgan fingerprint density at radius 1 is 0.792 bits per heavy atom. The topological polar surface area (TPSA) is 0 Å². The molecule has 5 rings (SSSR count). The molecule has 1 fully saturated rings. The molecule has 0 atom stereocenters. The molecule has 1 spiro atoms. The van der Waals surface area contributed by atoms with E-state index >= 15 is 0 Å². The Bertz CT molecular complexity index is 879. The lowest BCUT2D eigenvalue weighted by Crippen LogP contribution is -2.29. The molecule has 0 amide bonds. The van der Waals surface area contributed by atoms with Gasteiger partial charge in [0.2, 0.25) is 0 Å². The summed E-state index contributed by atoms with van der Waals surface area (Å²) in [5.74, 6) is 0. The van der Waals surface area contributed by atoms with Crippen LogP contribution in [-0.4, -0.2) is 0 Å². The zero-order valence-corrected chi connectivity index (χ0v) is 15.2. The average Bonchev–Trinajstić information content (AvgIpc) is 3.00. The zero-order chi connectivity index (χ0) is 16.5. The summed E-state index contributed by atoms with van der Waals surface area (Å²) >= 11 is 6.77. The zero-order valence-electron chi connectivity index (χ0n) is 14.5. The number of allylic oxidation sites excluding steroid dienone is 2. The Hall–Kier alpha value is -1.53. The van der Waals surface area contributed by atoms with Crippen LogP contribution in [-0.2, 0) is 10.8 Å². The fourth-order valence-electron chi connectivity index (χ4n) is 5.75. The lowest BCUT2D eigenvalue weighted by Gasteiger charge is -2.38. The van der Waals surface area contributed by atoms with Crippen LogP contribution in [0.2, 0.25) is 5.02 Å². The average molecular weight is 335 g/mol. The predicted molar refractivity (Wildman–Crippen MR) is 102 cm³/mol. The summed E-state index contributed by atoms with van der Waals surface area (Å²) in [6, 6.07) is 15.6. The van der Waals surface area contributed by atoms with Crippen molar-refractivity contribution >= 4 is 22.7 Å². The lowest BCUT2D eigenvalue weighted by molar-refractivity contribution is 0.372. The third-order valence-corrected chi connectivity index (χ3v) is 7.02. The standard InChI is InChI=1S/C23H23Cl/c1-22(2)17-11-8-12-18(24)19(17)21-20(22)15-9-4-5-10-16(15)23(21)13-6-3-7-14-23/h4-5,8-12H,3,6-7,13-14H2,1-2H3. The number of halogens is 1. The van der Waals surface area contributed by atoms with Crippen molar-refractivity contribution in [3.05, 3.63) is 69.7 Å². The van der Waals surface area contributed by atoms with Crippen molar-refractivity contribution in [3.63, 3.8) is 0 Å². The second-order valence-corrected chi connectivity index (χ2v) is 8.63. The molecule has 0 aliphatic heterocycles. The van der Waals surface area contributed by atoms with Crippen molar-refractivity contribution in [2.45, 2.75) is 56.8 Å². The smallest absolute Gasteiger partial charge is 0.0484 e. The van der Waals surface area contributed by atoms with Crippen molar-refractivity contribution in [2.75, 3.05) is 0 Å². The lowest BCUT2D eigenvalue weighted by atomic mass is 9.65. The molecule has 0 saturated heterocycles. The van der Waals surface area contributed by atoms with Gasteiger partial charge in [-0.2, -0.15) is 0 Å². The molecule has 2 aromatic carbocycles. The van der Waals surface area contributed by atoms with Crippen molar-refractivity contribution in [1.82, 2.24) is 0 Å². The van der Waals surface area contributed by atoms with Crippen molar-refractivity contribution in [1.29, 1.82) is 0 Å². The van der Waals surface area contributed by atoms with Gasteiger partial charge < -0.3 is 0 Å². The monoisotopic (exact) mass is 334 g/mol. The van der Waals surface area contributed by atoms with Crippen molar-refractivity contribution < 1.29 is 0 Å². The van der Waals surface area contributed by atoms with Gasteiger partial charge >= 0.3 is 0 Å². The molecule has 3 aliphatic rings. The minimum Gasteiger partial charge on any atom is -0.0837 e. The Kier molecular flexibility index (Phi) is 2.93. The number of fused-ring (bicyclic) bond motifs is 6. The van der Waals surface area contributed by atoms with E-state index in [9.17, 15) is 0 Å². The first kappa shape index (κ1) is 14.8. The van der Waals surface area contributed by atoms with E-state index in [1.165, 1.54) is 48.8 Å². The van der Waals surface area contributed by atoms with Gasteiger partial charge in [0, 0.05) is 21.4 Å². The molecule has 0 aromatic heterocycles. The van der Waals surface area contributed by atoms with Gasteiger partial charge in [-0.1, -0.05) is 81.1 Å². The van der Waals surface area contributed by atoms with Crippen LogP contribution in [0.15, 0.2) is 42.5 Å². The van der Waals surface area contributed by atoms with Crippen LogP contribution in [0.1, 0.15) is 68.2 Å². The summed E-state index contributed by atoms with van der Waals surface area (Å²) in [4.78, 5) is 0. The van der Waals surface area contributed by atoms with E-state index in [4.69, 9.17) is 11.6 Å². The first-order valence-electron chi connectivity index (χ1n) is 9.22. The van der Waals surface area contributed by atoms with Crippen molar-refractivity contribution in [2.24, 2.45) is 0 Å². The summed E-state index contributed by atoms with van der Waals surface area (Å²) < 4.78 is 0. The molecule has 1 heteroatoms. The van der Waals surface area contributed by atoms with E-state index in [1.54, 1.807) is 16.7 Å².